The fourth-order valence-electron chi connectivity index (χ4n) is 3.18. The lowest BCUT2D eigenvalue weighted by atomic mass is 10.1. The van der Waals surface area contributed by atoms with Gasteiger partial charge in [0.25, 0.3) is 11.8 Å². The maximum atomic E-state index is 12.9. The average Bonchev–Trinajstić information content (AvgIpc) is 3.26. The third-order valence-electron chi connectivity index (χ3n) is 4.62. The number of carbonyl (C=O) groups is 4. The van der Waals surface area contributed by atoms with E-state index in [1.165, 1.54) is 17.8 Å². The Bertz CT molecular complexity index is 1150. The van der Waals surface area contributed by atoms with Crippen molar-refractivity contribution in [2.24, 2.45) is 0 Å². The third-order valence-corrected chi connectivity index (χ3v) is 4.87. The molecule has 4 rings (SSSR count). The second-order valence-electron chi connectivity index (χ2n) is 6.53. The fraction of sp³-hybridized carbons (Fsp3) is 0.0952. The number of amides is 2. The molecule has 1 aromatic heterocycles. The molecular formula is C21H14ClN3O4. The Morgan fingerprint density at radius 3 is 2.10 bits per heavy atom. The van der Waals surface area contributed by atoms with Crippen LogP contribution >= 0.6 is 11.6 Å². The van der Waals surface area contributed by atoms with E-state index in [9.17, 15) is 19.2 Å². The van der Waals surface area contributed by atoms with Crippen molar-refractivity contribution in [1.82, 2.24) is 14.7 Å². The largest absolute Gasteiger partial charge is 0.293 e. The number of rotatable bonds is 5. The van der Waals surface area contributed by atoms with Crippen LogP contribution in [0.3, 0.4) is 0 Å². The summed E-state index contributed by atoms with van der Waals surface area (Å²) in [4.78, 5) is 50.8. The van der Waals surface area contributed by atoms with Gasteiger partial charge in [-0.15, -0.1) is 0 Å². The molecule has 0 aliphatic carbocycles. The fourth-order valence-corrected chi connectivity index (χ4v) is 3.30. The van der Waals surface area contributed by atoms with Crippen LogP contribution < -0.4 is 0 Å². The maximum Gasteiger partial charge on any atom is 0.261 e. The van der Waals surface area contributed by atoms with Crippen molar-refractivity contribution in [3.8, 4) is 5.69 Å². The smallest absolute Gasteiger partial charge is 0.261 e. The topological polar surface area (TPSA) is 89.3 Å². The summed E-state index contributed by atoms with van der Waals surface area (Å²) in [6, 6.07) is 13.1. The van der Waals surface area contributed by atoms with Gasteiger partial charge in [-0.2, -0.15) is 5.10 Å². The van der Waals surface area contributed by atoms with Gasteiger partial charge in [0.05, 0.1) is 28.9 Å². The van der Waals surface area contributed by atoms with Gasteiger partial charge in [-0.05, 0) is 36.4 Å². The molecule has 0 atom stereocenters. The number of hydrogen-bond acceptors (Lipinski definition) is 5. The van der Waals surface area contributed by atoms with Crippen LogP contribution in [-0.2, 0) is 0 Å². The summed E-state index contributed by atoms with van der Waals surface area (Å²) in [6.07, 6.45) is 1.42. The van der Waals surface area contributed by atoms with Crippen molar-refractivity contribution in [3.63, 3.8) is 0 Å². The Hall–Kier alpha value is -3.58. The van der Waals surface area contributed by atoms with Crippen LogP contribution in [0.2, 0.25) is 5.02 Å². The number of halogens is 1. The predicted molar refractivity (Wildman–Crippen MR) is 105 cm³/mol. The van der Waals surface area contributed by atoms with Crippen LogP contribution in [0.15, 0.2) is 54.7 Å². The Morgan fingerprint density at radius 2 is 1.55 bits per heavy atom. The summed E-state index contributed by atoms with van der Waals surface area (Å²) in [5.41, 5.74) is 1.14. The number of aromatic nitrogens is 2. The lowest BCUT2D eigenvalue weighted by Crippen LogP contribution is -2.35. The first-order chi connectivity index (χ1) is 13.9. The van der Waals surface area contributed by atoms with Gasteiger partial charge < -0.3 is 0 Å². The van der Waals surface area contributed by atoms with Gasteiger partial charge in [-0.25, -0.2) is 4.68 Å². The summed E-state index contributed by atoms with van der Waals surface area (Å²) in [7, 11) is 0. The normalized spacial score (nSPS) is 13.0. The lowest BCUT2D eigenvalue weighted by Gasteiger charge is -2.12. The number of imide groups is 1. The van der Waals surface area contributed by atoms with E-state index in [4.69, 9.17) is 11.6 Å². The van der Waals surface area contributed by atoms with Crippen molar-refractivity contribution < 1.29 is 19.2 Å². The molecule has 1 aliphatic rings. The highest BCUT2D eigenvalue weighted by molar-refractivity contribution is 6.30. The molecule has 1 aliphatic heterocycles. The first kappa shape index (κ1) is 18.8. The Balaban J connectivity index is 1.65. The van der Waals surface area contributed by atoms with Gasteiger partial charge in [-0.3, -0.25) is 24.1 Å². The van der Waals surface area contributed by atoms with Crippen molar-refractivity contribution in [2.75, 3.05) is 6.54 Å². The molecule has 0 unspecified atom stereocenters. The second kappa shape index (κ2) is 7.10. The summed E-state index contributed by atoms with van der Waals surface area (Å²) in [5, 5.41) is 4.73. The van der Waals surface area contributed by atoms with Gasteiger partial charge in [0.2, 0.25) is 0 Å². The van der Waals surface area contributed by atoms with Crippen molar-refractivity contribution in [2.45, 2.75) is 6.92 Å². The molecule has 144 valence electrons. The van der Waals surface area contributed by atoms with Crippen molar-refractivity contribution >= 4 is 35.0 Å². The molecule has 0 fully saturated rings. The molecule has 2 aromatic carbocycles. The Kier molecular flexibility index (Phi) is 4.60. The lowest BCUT2D eigenvalue weighted by molar-refractivity contribution is 0.0624. The highest BCUT2D eigenvalue weighted by atomic mass is 35.5. The minimum atomic E-state index is -0.551. The van der Waals surface area contributed by atoms with Gasteiger partial charge in [0.15, 0.2) is 11.6 Å². The van der Waals surface area contributed by atoms with Crippen LogP contribution in [0.1, 0.15) is 48.5 Å². The van der Waals surface area contributed by atoms with Crippen LogP contribution in [0.4, 0.5) is 0 Å². The van der Waals surface area contributed by atoms with Gasteiger partial charge in [-0.1, -0.05) is 23.7 Å². The molecule has 0 saturated heterocycles. The molecule has 8 heteroatoms. The third kappa shape index (κ3) is 3.25. The van der Waals surface area contributed by atoms with Crippen LogP contribution in [0.5, 0.6) is 0 Å². The molecule has 3 aromatic rings. The van der Waals surface area contributed by atoms with Crippen LogP contribution in [0.25, 0.3) is 5.69 Å². The summed E-state index contributed by atoms with van der Waals surface area (Å²) in [6.45, 7) is 0.826. The molecule has 2 heterocycles. The van der Waals surface area contributed by atoms with Crippen molar-refractivity contribution in [3.05, 3.63) is 82.1 Å². The molecule has 0 N–H and O–H groups in total. The van der Waals surface area contributed by atoms with E-state index in [0.717, 1.165) is 4.90 Å². The number of hydrogen-bond donors (Lipinski definition) is 0. The summed E-state index contributed by atoms with van der Waals surface area (Å²) < 4.78 is 1.39. The van der Waals surface area contributed by atoms with E-state index in [-0.39, 0.29) is 22.4 Å². The quantitative estimate of drug-likeness (QED) is 0.478. The molecule has 0 spiro atoms. The van der Waals surface area contributed by atoms with Crippen LogP contribution in [0, 0.1) is 0 Å². The monoisotopic (exact) mass is 407 g/mol. The standard InChI is InChI=1S/C21H14ClN3O4/c1-12(26)19-17(10-25(23-19)14-8-6-13(22)7-9-14)18(27)11-24-20(28)15-4-2-3-5-16(15)21(24)29/h2-10H,11H2,1H3. The number of benzene rings is 2. The number of fused-ring (bicyclic) bond motifs is 1. The highest BCUT2D eigenvalue weighted by Crippen LogP contribution is 2.23. The van der Waals surface area contributed by atoms with E-state index in [1.54, 1.807) is 48.5 Å². The first-order valence-electron chi connectivity index (χ1n) is 8.72. The zero-order chi connectivity index (χ0) is 20.7. The Labute approximate surface area is 170 Å². The highest BCUT2D eigenvalue weighted by Gasteiger charge is 2.37. The molecule has 7 nitrogen and oxygen atoms in total. The molecule has 2 amide bonds. The molecule has 0 saturated carbocycles. The number of Topliss-reactive ketones (excluding diaryl/α,β-unsaturated/α-hetero) is 2. The van der Waals surface area contributed by atoms with E-state index < -0.39 is 29.9 Å². The first-order valence-corrected chi connectivity index (χ1v) is 9.09. The van der Waals surface area contributed by atoms with E-state index >= 15 is 0 Å². The Morgan fingerprint density at radius 1 is 0.966 bits per heavy atom. The summed E-state index contributed by atoms with van der Waals surface area (Å²) in [5.74, 6) is -2.02. The average molecular weight is 408 g/mol. The minimum absolute atomic E-state index is 0.0263. The molecular weight excluding hydrogens is 394 g/mol. The predicted octanol–water partition coefficient (Wildman–Crippen LogP) is 3.21. The molecule has 0 radical (unpaired) electrons. The van der Waals surface area contributed by atoms with E-state index in [2.05, 4.69) is 5.10 Å². The number of carbonyl (C=O) groups excluding carboxylic acids is 4. The molecule has 29 heavy (non-hydrogen) atoms. The second-order valence-corrected chi connectivity index (χ2v) is 6.97. The molecule has 0 bridgehead atoms. The summed E-state index contributed by atoms with van der Waals surface area (Å²) >= 11 is 5.89. The minimum Gasteiger partial charge on any atom is -0.293 e. The SMILES string of the molecule is CC(=O)c1nn(-c2ccc(Cl)cc2)cc1C(=O)CN1C(=O)c2ccccc2C1=O. The maximum absolute atomic E-state index is 12.9. The van der Waals surface area contributed by atoms with Crippen LogP contribution in [-0.4, -0.2) is 44.6 Å². The van der Waals surface area contributed by atoms with Gasteiger partial charge in [0, 0.05) is 18.1 Å². The zero-order valence-corrected chi connectivity index (χ0v) is 16.0. The van der Waals surface area contributed by atoms with E-state index in [1.807, 2.05) is 0 Å². The van der Waals surface area contributed by atoms with Gasteiger partial charge >= 0.3 is 0 Å². The number of nitrogens with zero attached hydrogens (tertiary/aromatic N) is 3. The zero-order valence-electron chi connectivity index (χ0n) is 15.3. The van der Waals surface area contributed by atoms with E-state index in [0.29, 0.717) is 10.7 Å². The van der Waals surface area contributed by atoms with Gasteiger partial charge in [0.1, 0.15) is 5.69 Å². The van der Waals surface area contributed by atoms with Crippen molar-refractivity contribution in [1.29, 1.82) is 0 Å². The number of ketones is 2.